The second-order valence-corrected chi connectivity index (χ2v) is 30.6. The third-order valence-electron chi connectivity index (χ3n) is 16.3. The van der Waals surface area contributed by atoms with Gasteiger partial charge in [-0.2, -0.15) is 17.5 Å². The first-order valence-electron chi connectivity index (χ1n) is 27.8. The largest absolute Gasteiger partial charge is 0.172 e. The minimum Gasteiger partial charge on any atom is -0.172 e. The Morgan fingerprint density at radius 2 is 0.732 bits per heavy atom. The highest BCUT2D eigenvalue weighted by Crippen LogP contribution is 2.51. The van der Waals surface area contributed by atoms with Crippen LogP contribution in [0.15, 0.2) is 60.7 Å². The molecule has 0 spiro atoms. The van der Waals surface area contributed by atoms with E-state index in [0.717, 1.165) is 45.7 Å². The van der Waals surface area contributed by atoms with Crippen LogP contribution < -0.4 is 10.4 Å². The highest BCUT2D eigenvalue weighted by molar-refractivity contribution is 7.31. The molecule has 0 radical (unpaired) electrons. The van der Waals surface area contributed by atoms with Gasteiger partial charge in [0, 0.05) is 61.3 Å². The lowest BCUT2D eigenvalue weighted by atomic mass is 9.95. The first-order valence-corrected chi connectivity index (χ1v) is 34.9. The van der Waals surface area contributed by atoms with Gasteiger partial charge in [0.15, 0.2) is 0 Å². The summed E-state index contributed by atoms with van der Waals surface area (Å²) in [5.41, 5.74) is 9.24. The number of nitrogens with zero attached hydrogens (tertiary/aromatic N) is 4. The number of benzene rings is 2. The number of rotatable bonds is 28. The van der Waals surface area contributed by atoms with Crippen molar-refractivity contribution >= 4 is 109 Å². The molecule has 0 N–H and O–H groups in total. The molecule has 0 bridgehead atoms. The Kier molecular flexibility index (Phi) is 18.4. The van der Waals surface area contributed by atoms with Crippen molar-refractivity contribution in [3.05, 3.63) is 70.4 Å². The van der Waals surface area contributed by atoms with Crippen molar-refractivity contribution in [2.45, 2.75) is 183 Å². The van der Waals surface area contributed by atoms with Gasteiger partial charge in [-0.15, -0.1) is 45.3 Å². The Labute approximate surface area is 451 Å². The first-order chi connectivity index (χ1) is 34.8. The van der Waals surface area contributed by atoms with Crippen LogP contribution in [0.25, 0.3) is 73.6 Å². The van der Waals surface area contributed by atoms with Crippen LogP contribution in [-0.2, 0) is 12.8 Å². The van der Waals surface area contributed by atoms with Crippen molar-refractivity contribution in [2.75, 3.05) is 0 Å². The molecular weight excluding hydrogens is 997 g/mol. The molecule has 0 fully saturated rings. The topological polar surface area (TPSA) is 51.6 Å². The Morgan fingerprint density at radius 1 is 0.394 bits per heavy atom. The van der Waals surface area contributed by atoms with Crippen LogP contribution in [0.1, 0.15) is 168 Å². The zero-order valence-corrected chi connectivity index (χ0v) is 49.9. The summed E-state index contributed by atoms with van der Waals surface area (Å²) in [5.74, 6) is 2.97. The Balaban J connectivity index is 1.13. The zero-order valence-electron chi connectivity index (χ0n) is 44.0. The molecule has 4 atom stereocenters. The van der Waals surface area contributed by atoms with Gasteiger partial charge in [-0.3, -0.25) is 0 Å². The average Bonchev–Trinajstić information content (AvgIpc) is 4.26. The minimum atomic E-state index is -2.28. The van der Waals surface area contributed by atoms with Crippen LogP contribution in [0, 0.1) is 23.7 Å². The number of hydrogen-bond donors (Lipinski definition) is 0. The summed E-state index contributed by atoms with van der Waals surface area (Å²) >= 11 is 10.8. The van der Waals surface area contributed by atoms with E-state index < -0.39 is 8.07 Å². The number of unbranched alkanes of at least 4 members (excludes halogenated alkanes) is 4. The summed E-state index contributed by atoms with van der Waals surface area (Å²) in [4.78, 5) is 11.5. The third-order valence-corrected chi connectivity index (χ3v) is 27.9. The van der Waals surface area contributed by atoms with Crippen LogP contribution in [0.3, 0.4) is 0 Å². The predicted octanol–water partition coefficient (Wildman–Crippen LogP) is 20.1. The van der Waals surface area contributed by atoms with E-state index in [4.69, 9.17) is 17.5 Å². The van der Waals surface area contributed by atoms with Gasteiger partial charge in [-0.25, -0.2) is 0 Å². The van der Waals surface area contributed by atoms with E-state index in [2.05, 4.69) is 139 Å². The van der Waals surface area contributed by atoms with Gasteiger partial charge in [0.05, 0.1) is 23.5 Å². The maximum Gasteiger partial charge on any atom is 0.122 e. The first kappa shape index (κ1) is 52.9. The van der Waals surface area contributed by atoms with Gasteiger partial charge < -0.3 is 0 Å². The van der Waals surface area contributed by atoms with Gasteiger partial charge in [-0.05, 0) is 95.4 Å². The fraction of sp³-hybridized carbons (Fsp3) is 0.533. The summed E-state index contributed by atoms with van der Waals surface area (Å²) in [6, 6.07) is 27.1. The van der Waals surface area contributed by atoms with Crippen molar-refractivity contribution in [1.29, 1.82) is 0 Å². The Morgan fingerprint density at radius 3 is 1.07 bits per heavy atom. The number of hydrogen-bond acceptors (Lipinski definition) is 10. The maximum absolute atomic E-state index is 5.11. The average molecular weight is 1080 g/mol. The molecule has 9 rings (SSSR count). The van der Waals surface area contributed by atoms with E-state index in [1.807, 2.05) is 22.7 Å². The molecule has 6 aromatic heterocycles. The van der Waals surface area contributed by atoms with E-state index in [1.165, 1.54) is 203 Å². The second kappa shape index (κ2) is 24.6. The van der Waals surface area contributed by atoms with Crippen molar-refractivity contribution in [1.82, 2.24) is 17.5 Å². The molecule has 0 saturated heterocycles. The van der Waals surface area contributed by atoms with E-state index in [-0.39, 0.29) is 0 Å². The molecule has 1 aliphatic rings. The normalized spacial score (nSPS) is 16.3. The van der Waals surface area contributed by atoms with Gasteiger partial charge in [0.1, 0.15) is 30.1 Å². The molecule has 1 aliphatic heterocycles. The van der Waals surface area contributed by atoms with Crippen LogP contribution in [0.4, 0.5) is 0 Å². The molecular formula is C60H78N4S6Si. The summed E-state index contributed by atoms with van der Waals surface area (Å²) in [5, 5.41) is 3.44. The van der Waals surface area contributed by atoms with Crippen LogP contribution in [0.2, 0.25) is 12.1 Å². The molecule has 0 saturated carbocycles. The number of aromatic nitrogens is 4. The summed E-state index contributed by atoms with van der Waals surface area (Å²) in [6.07, 6.45) is 23.0. The summed E-state index contributed by atoms with van der Waals surface area (Å²) in [6.45, 7) is 19.0. The van der Waals surface area contributed by atoms with Crippen molar-refractivity contribution < 1.29 is 0 Å². The standard InChI is InChI=1S/C60H78N4S6Si/c1-9-17-21-39(13-5)33-43-25-31-49(65-43)45-27-29-47(57-55(45)61-69-63-57)51-35-53-59(67-51)60-54(71(53,37-41(15-7)23-19-11-3)38-42(16-8)24-20-12-4)36-52(68-60)48-30-28-46(56-58(48)64-70-62-56)50-32-26-44(66-50)34-40(14-6)22-18-10-2/h25-32,35-36,39-42H,9-24,33-34,37-38H2,1-8H3. The lowest BCUT2D eigenvalue weighted by Gasteiger charge is -2.35. The third kappa shape index (κ3) is 11.2. The fourth-order valence-electron chi connectivity index (χ4n) is 11.9. The van der Waals surface area contributed by atoms with E-state index in [0.29, 0.717) is 0 Å². The Hall–Kier alpha value is -2.90. The lowest BCUT2D eigenvalue weighted by Crippen LogP contribution is -2.56. The Bertz CT molecular complexity index is 2760. The van der Waals surface area contributed by atoms with Crippen molar-refractivity contribution in [3.8, 4) is 51.5 Å². The van der Waals surface area contributed by atoms with E-state index in [1.54, 1.807) is 20.1 Å². The zero-order chi connectivity index (χ0) is 49.5. The summed E-state index contributed by atoms with van der Waals surface area (Å²) < 4.78 is 20.3. The SMILES string of the molecule is CCCCC(CC)Cc1ccc(-c2ccc(-c3cc4c(s3)-c3sc(-c5ccc(-c6ccc(CC(CC)CCCC)s6)c6nsnc56)cc3[Si]4(CC(CC)CCCC)CC(CC)CCCC)c3nsnc23)s1. The monoisotopic (exact) mass is 1070 g/mol. The van der Waals surface area contributed by atoms with Gasteiger partial charge in [0.25, 0.3) is 0 Å². The maximum atomic E-state index is 5.11. The van der Waals surface area contributed by atoms with Gasteiger partial charge in [0.2, 0.25) is 0 Å². The van der Waals surface area contributed by atoms with E-state index >= 15 is 0 Å². The van der Waals surface area contributed by atoms with Crippen LogP contribution >= 0.6 is 68.8 Å². The molecule has 0 amide bonds. The van der Waals surface area contributed by atoms with Crippen molar-refractivity contribution in [3.63, 3.8) is 0 Å². The van der Waals surface area contributed by atoms with Crippen LogP contribution in [-0.4, -0.2) is 25.6 Å². The highest BCUT2D eigenvalue weighted by Gasteiger charge is 2.50. The van der Waals surface area contributed by atoms with Crippen LogP contribution in [0.5, 0.6) is 0 Å². The van der Waals surface area contributed by atoms with E-state index in [9.17, 15) is 0 Å². The quantitative estimate of drug-likeness (QED) is 0.0459. The van der Waals surface area contributed by atoms with Gasteiger partial charge in [-0.1, -0.05) is 182 Å². The smallest absolute Gasteiger partial charge is 0.122 e. The molecule has 7 heterocycles. The number of thiophene rings is 4. The molecule has 4 unspecified atom stereocenters. The molecule has 2 aromatic carbocycles. The van der Waals surface area contributed by atoms with Crippen molar-refractivity contribution in [2.24, 2.45) is 23.7 Å². The minimum absolute atomic E-state index is 0.725. The molecule has 378 valence electrons. The predicted molar refractivity (Wildman–Crippen MR) is 322 cm³/mol. The molecule has 11 heteroatoms. The molecule has 4 nitrogen and oxygen atoms in total. The second-order valence-electron chi connectivity index (χ2n) is 21.0. The molecule has 71 heavy (non-hydrogen) atoms. The fourth-order valence-corrected chi connectivity index (χ4v) is 25.8. The molecule has 0 aliphatic carbocycles. The summed E-state index contributed by atoms with van der Waals surface area (Å²) in [7, 11) is -2.28. The lowest BCUT2D eigenvalue weighted by molar-refractivity contribution is 0.452. The highest BCUT2D eigenvalue weighted by atomic mass is 32.1. The number of fused-ring (bicyclic) bond motifs is 5. The molecule has 8 aromatic rings. The van der Waals surface area contributed by atoms with Gasteiger partial charge >= 0.3 is 0 Å².